The summed E-state index contributed by atoms with van der Waals surface area (Å²) in [4.78, 5) is 15.9. The van der Waals surface area contributed by atoms with E-state index in [2.05, 4.69) is 201 Å². The summed E-state index contributed by atoms with van der Waals surface area (Å²) in [6.07, 6.45) is 1.82. The molecule has 0 radical (unpaired) electrons. The topological polar surface area (TPSA) is 51.0 Å². The van der Waals surface area contributed by atoms with Gasteiger partial charge in [0.25, 0.3) is 0 Å². The fraction of sp³-hybridized carbons (Fsp3) is 0. The third-order valence-electron chi connectivity index (χ3n) is 9.42. The number of hydrogen-bond acceptors (Lipinski definition) is 3. The summed E-state index contributed by atoms with van der Waals surface area (Å²) >= 11 is 0. The number of H-pyrrole nitrogens is 2. The molecule has 0 amide bonds. The second kappa shape index (κ2) is 13.7. The molecule has 10 rings (SSSR count). The van der Waals surface area contributed by atoms with E-state index in [0.717, 1.165) is 56.2 Å². The first kappa shape index (κ1) is 30.9. The molecule has 0 atom stereocenters. The van der Waals surface area contributed by atoms with Crippen LogP contribution >= 0.6 is 0 Å². The number of nitrogens with zero attached hydrogens (tertiary/aromatic N) is 3. The summed E-state index contributed by atoms with van der Waals surface area (Å²) in [6.45, 7) is 0. The summed E-state index contributed by atoms with van der Waals surface area (Å²) in [6, 6.07) is 67.6. The second-order valence-electron chi connectivity index (χ2n) is 12.7. The number of anilines is 6. The molecular formula is C47H35N5. The van der Waals surface area contributed by atoms with E-state index in [1.165, 1.54) is 21.7 Å². The van der Waals surface area contributed by atoms with Gasteiger partial charge in [-0.2, -0.15) is 0 Å². The number of pyridine rings is 1. The first-order valence-corrected chi connectivity index (χ1v) is 17.5. The van der Waals surface area contributed by atoms with Gasteiger partial charge in [-0.05, 0) is 103 Å². The van der Waals surface area contributed by atoms with Gasteiger partial charge in [0.1, 0.15) is 5.65 Å². The Balaban J connectivity index is 0.000000138. The SMILES string of the molecule is c1ccc(N(c2ccccc2)c2ccc3[nH]c4ccccc4c3c2)cc1.c1ccc(N(c2ccccc2)c2ccc3[nH]c4ncccc4c3c2)cc1. The predicted octanol–water partition coefficient (Wildman–Crippen LogP) is 13.0. The highest BCUT2D eigenvalue weighted by molar-refractivity contribution is 6.09. The van der Waals surface area contributed by atoms with Gasteiger partial charge in [0.05, 0.1) is 0 Å². The van der Waals surface area contributed by atoms with Crippen molar-refractivity contribution in [3.05, 3.63) is 200 Å². The van der Waals surface area contributed by atoms with Crippen LogP contribution in [0.25, 0.3) is 43.7 Å². The zero-order chi connectivity index (χ0) is 34.7. The molecule has 0 aliphatic heterocycles. The number of benzene rings is 7. The summed E-state index contributed by atoms with van der Waals surface area (Å²) in [5.41, 5.74) is 11.2. The van der Waals surface area contributed by atoms with Crippen molar-refractivity contribution in [3.63, 3.8) is 0 Å². The van der Waals surface area contributed by atoms with Crippen molar-refractivity contribution in [3.8, 4) is 0 Å². The average Bonchev–Trinajstić information content (AvgIpc) is 3.78. The predicted molar refractivity (Wildman–Crippen MR) is 219 cm³/mol. The van der Waals surface area contributed by atoms with Crippen LogP contribution in [0.5, 0.6) is 0 Å². The summed E-state index contributed by atoms with van der Waals surface area (Å²) < 4.78 is 0. The Morgan fingerprint density at radius 2 is 0.712 bits per heavy atom. The monoisotopic (exact) mass is 669 g/mol. The fourth-order valence-electron chi connectivity index (χ4n) is 7.03. The number of hydrogen-bond donors (Lipinski definition) is 2. The molecule has 0 fully saturated rings. The highest BCUT2D eigenvalue weighted by Gasteiger charge is 2.15. The third kappa shape index (κ3) is 5.91. The van der Waals surface area contributed by atoms with Gasteiger partial charge >= 0.3 is 0 Å². The Morgan fingerprint density at radius 1 is 0.308 bits per heavy atom. The minimum Gasteiger partial charge on any atom is -0.355 e. The molecule has 10 aromatic rings. The van der Waals surface area contributed by atoms with Crippen molar-refractivity contribution < 1.29 is 0 Å². The molecule has 0 saturated heterocycles. The van der Waals surface area contributed by atoms with E-state index in [-0.39, 0.29) is 0 Å². The van der Waals surface area contributed by atoms with Crippen LogP contribution in [0.2, 0.25) is 0 Å². The molecule has 7 aromatic carbocycles. The highest BCUT2D eigenvalue weighted by Crippen LogP contribution is 2.38. The van der Waals surface area contributed by atoms with Gasteiger partial charge in [0.2, 0.25) is 0 Å². The fourth-order valence-corrected chi connectivity index (χ4v) is 7.03. The molecule has 248 valence electrons. The van der Waals surface area contributed by atoms with Crippen LogP contribution in [-0.2, 0) is 0 Å². The van der Waals surface area contributed by atoms with Crippen LogP contribution in [0.1, 0.15) is 0 Å². The Labute approximate surface area is 302 Å². The number of para-hydroxylation sites is 5. The maximum absolute atomic E-state index is 4.44. The van der Waals surface area contributed by atoms with Crippen LogP contribution in [0.15, 0.2) is 200 Å². The van der Waals surface area contributed by atoms with E-state index < -0.39 is 0 Å². The van der Waals surface area contributed by atoms with E-state index in [1.54, 1.807) is 0 Å². The lowest BCUT2D eigenvalue weighted by Gasteiger charge is -2.25. The number of aromatic amines is 2. The van der Waals surface area contributed by atoms with Gasteiger partial charge in [-0.15, -0.1) is 0 Å². The molecule has 5 heteroatoms. The van der Waals surface area contributed by atoms with Crippen LogP contribution in [0, 0.1) is 0 Å². The van der Waals surface area contributed by atoms with Crippen LogP contribution < -0.4 is 9.80 Å². The highest BCUT2D eigenvalue weighted by atomic mass is 15.1. The zero-order valence-electron chi connectivity index (χ0n) is 28.4. The molecule has 52 heavy (non-hydrogen) atoms. The average molecular weight is 670 g/mol. The molecule has 0 spiro atoms. The first-order chi connectivity index (χ1) is 25.8. The van der Waals surface area contributed by atoms with Crippen LogP contribution in [0.3, 0.4) is 0 Å². The van der Waals surface area contributed by atoms with E-state index in [1.807, 2.05) is 24.4 Å². The Hall–Kier alpha value is -7.11. The normalized spacial score (nSPS) is 11.1. The summed E-state index contributed by atoms with van der Waals surface area (Å²) in [7, 11) is 0. The maximum atomic E-state index is 4.44. The largest absolute Gasteiger partial charge is 0.355 e. The van der Waals surface area contributed by atoms with Crippen molar-refractivity contribution in [2.24, 2.45) is 0 Å². The van der Waals surface area contributed by atoms with Crippen LogP contribution in [0.4, 0.5) is 34.1 Å². The van der Waals surface area contributed by atoms with E-state index >= 15 is 0 Å². The number of fused-ring (bicyclic) bond motifs is 6. The van der Waals surface area contributed by atoms with Gasteiger partial charge in [0, 0.05) is 78.4 Å². The lowest BCUT2D eigenvalue weighted by molar-refractivity contribution is 1.29. The minimum atomic E-state index is 0.922. The van der Waals surface area contributed by atoms with Crippen molar-refractivity contribution in [2.75, 3.05) is 9.80 Å². The molecule has 3 heterocycles. The molecule has 0 aliphatic carbocycles. The lowest BCUT2D eigenvalue weighted by Crippen LogP contribution is -2.09. The molecule has 0 saturated carbocycles. The molecule has 3 aromatic heterocycles. The van der Waals surface area contributed by atoms with Crippen molar-refractivity contribution >= 4 is 77.9 Å². The standard InChI is InChI=1S/C24H18N2.C23H17N3/c1-3-9-18(10-4-1)26(19-11-5-2-6-12-19)20-15-16-24-22(17-20)21-13-7-8-14-23(21)25-24;1-3-8-17(9-4-1)26(18-10-5-2-6-11-18)19-13-14-22-21(16-19)20-12-7-15-24-23(20)25-22/h1-17,25H;1-16H,(H,24,25). The molecule has 0 aliphatic rings. The molecule has 0 bridgehead atoms. The smallest absolute Gasteiger partial charge is 0.138 e. The van der Waals surface area contributed by atoms with Gasteiger partial charge in [-0.3, -0.25) is 0 Å². The second-order valence-corrected chi connectivity index (χ2v) is 12.7. The van der Waals surface area contributed by atoms with Crippen LogP contribution in [-0.4, -0.2) is 15.0 Å². The molecule has 5 nitrogen and oxygen atoms in total. The summed E-state index contributed by atoms with van der Waals surface area (Å²) in [5.74, 6) is 0. The maximum Gasteiger partial charge on any atom is 0.138 e. The molecule has 2 N–H and O–H groups in total. The third-order valence-corrected chi connectivity index (χ3v) is 9.42. The van der Waals surface area contributed by atoms with E-state index in [4.69, 9.17) is 0 Å². The van der Waals surface area contributed by atoms with Gasteiger partial charge < -0.3 is 19.8 Å². The Morgan fingerprint density at radius 3 is 1.23 bits per heavy atom. The zero-order valence-corrected chi connectivity index (χ0v) is 28.4. The van der Waals surface area contributed by atoms with Gasteiger partial charge in [-0.1, -0.05) is 91.0 Å². The first-order valence-electron chi connectivity index (χ1n) is 17.5. The van der Waals surface area contributed by atoms with Crippen molar-refractivity contribution in [1.82, 2.24) is 15.0 Å². The van der Waals surface area contributed by atoms with E-state index in [9.17, 15) is 0 Å². The quantitative estimate of drug-likeness (QED) is 0.185. The Kier molecular flexibility index (Phi) is 8.12. The van der Waals surface area contributed by atoms with Crippen molar-refractivity contribution in [2.45, 2.75) is 0 Å². The summed E-state index contributed by atoms with van der Waals surface area (Å²) in [5, 5.41) is 4.83. The number of rotatable bonds is 6. The molecular weight excluding hydrogens is 635 g/mol. The number of aromatic nitrogens is 3. The van der Waals surface area contributed by atoms with Gasteiger partial charge in [0.15, 0.2) is 0 Å². The number of nitrogens with one attached hydrogen (secondary N) is 2. The van der Waals surface area contributed by atoms with E-state index in [0.29, 0.717) is 0 Å². The Bertz CT molecular complexity index is 2470. The minimum absolute atomic E-state index is 0.922. The molecule has 0 unspecified atom stereocenters. The van der Waals surface area contributed by atoms with Crippen molar-refractivity contribution in [1.29, 1.82) is 0 Å². The lowest BCUT2D eigenvalue weighted by atomic mass is 10.1. The van der Waals surface area contributed by atoms with Gasteiger partial charge in [-0.25, -0.2) is 4.98 Å².